The number of benzene rings is 3. The molecule has 2 aliphatic rings. The Morgan fingerprint density at radius 3 is 2.27 bits per heavy atom. The van der Waals surface area contributed by atoms with Gasteiger partial charge in [-0.1, -0.05) is 85.0 Å². The van der Waals surface area contributed by atoms with E-state index in [-0.39, 0.29) is 11.8 Å². The summed E-state index contributed by atoms with van der Waals surface area (Å²) in [6.07, 6.45) is 9.81. The van der Waals surface area contributed by atoms with Crippen LogP contribution in [-0.4, -0.2) is 10.8 Å². The molecule has 0 aromatic heterocycles. The molecule has 5 rings (SSSR count). The number of aliphatic imine (C=N–C) groups is 1. The molecule has 1 heterocycles. The highest BCUT2D eigenvalue weighted by atomic mass is 16.3. The molecule has 0 bridgehead atoms. The number of aliphatic hydroxyl groups is 1. The van der Waals surface area contributed by atoms with E-state index in [1.807, 2.05) is 30.5 Å². The summed E-state index contributed by atoms with van der Waals surface area (Å²) in [7, 11) is 0. The van der Waals surface area contributed by atoms with Crippen molar-refractivity contribution in [1.29, 1.82) is 0 Å². The predicted octanol–water partition coefficient (Wildman–Crippen LogP) is 6.24. The Morgan fingerprint density at radius 2 is 1.47 bits per heavy atom. The monoisotopic (exact) mass is 391 g/mol. The Bertz CT molecular complexity index is 1220. The molecule has 1 aliphatic heterocycles. The van der Waals surface area contributed by atoms with Crippen molar-refractivity contribution in [3.05, 3.63) is 119 Å². The zero-order valence-electron chi connectivity index (χ0n) is 17.3. The molecule has 2 nitrogen and oxygen atoms in total. The summed E-state index contributed by atoms with van der Waals surface area (Å²) in [4.78, 5) is 4.92. The van der Waals surface area contributed by atoms with Gasteiger partial charge < -0.3 is 5.11 Å². The molecule has 0 saturated heterocycles. The number of allylic oxidation sites excluding steroid dienone is 4. The summed E-state index contributed by atoms with van der Waals surface area (Å²) in [6, 6.07) is 20.7. The van der Waals surface area contributed by atoms with Crippen LogP contribution < -0.4 is 0 Å². The standard InChI is InChI=1S/C28H25NO/c1-18-9-7-10-19(2)26(18)27-23-15-6-5-14-22(23)25(17-29-27)28(30)24-16-8-12-20-11-3-4-13-21(20)24/h3-17,22-23,28,30H,1-2H3. The molecule has 1 aliphatic carbocycles. The van der Waals surface area contributed by atoms with Gasteiger partial charge in [-0.05, 0) is 46.9 Å². The van der Waals surface area contributed by atoms with Gasteiger partial charge in [0.25, 0.3) is 0 Å². The number of rotatable bonds is 3. The highest BCUT2D eigenvalue weighted by Crippen LogP contribution is 2.41. The van der Waals surface area contributed by atoms with Gasteiger partial charge in [-0.15, -0.1) is 0 Å². The van der Waals surface area contributed by atoms with Gasteiger partial charge in [0.1, 0.15) is 6.10 Å². The fourth-order valence-corrected chi connectivity index (χ4v) is 4.87. The van der Waals surface area contributed by atoms with Crippen LogP contribution in [0.1, 0.15) is 28.4 Å². The van der Waals surface area contributed by atoms with Gasteiger partial charge in [-0.3, -0.25) is 4.99 Å². The van der Waals surface area contributed by atoms with Crippen molar-refractivity contribution in [2.24, 2.45) is 16.8 Å². The molecule has 0 fully saturated rings. The minimum Gasteiger partial charge on any atom is -0.384 e. The van der Waals surface area contributed by atoms with E-state index < -0.39 is 6.10 Å². The lowest BCUT2D eigenvalue weighted by Crippen LogP contribution is -2.30. The Balaban J connectivity index is 1.64. The third-order valence-corrected chi connectivity index (χ3v) is 6.36. The first-order valence-corrected chi connectivity index (χ1v) is 10.5. The summed E-state index contributed by atoms with van der Waals surface area (Å²) in [5.74, 6) is 0.218. The molecular weight excluding hydrogens is 366 g/mol. The van der Waals surface area contributed by atoms with Crippen LogP contribution in [0, 0.1) is 25.7 Å². The molecule has 3 aromatic carbocycles. The second kappa shape index (κ2) is 7.55. The Morgan fingerprint density at radius 1 is 0.800 bits per heavy atom. The Kier molecular flexibility index (Phi) is 4.72. The zero-order valence-corrected chi connectivity index (χ0v) is 17.3. The smallest absolute Gasteiger partial charge is 0.103 e. The fourth-order valence-electron chi connectivity index (χ4n) is 4.87. The van der Waals surface area contributed by atoms with Crippen LogP contribution in [0.2, 0.25) is 0 Å². The number of hydrogen-bond acceptors (Lipinski definition) is 2. The first kappa shape index (κ1) is 18.8. The number of nitrogens with zero attached hydrogens (tertiary/aromatic N) is 1. The van der Waals surface area contributed by atoms with Crippen molar-refractivity contribution in [1.82, 2.24) is 0 Å². The molecular formula is C28H25NO. The van der Waals surface area contributed by atoms with Gasteiger partial charge in [-0.25, -0.2) is 0 Å². The number of aryl methyl sites for hydroxylation is 2. The summed E-state index contributed by atoms with van der Waals surface area (Å²) >= 11 is 0. The number of aliphatic hydroxyl groups excluding tert-OH is 1. The highest BCUT2D eigenvalue weighted by molar-refractivity contribution is 6.07. The van der Waals surface area contributed by atoms with E-state index in [4.69, 9.17) is 4.99 Å². The number of fused-ring (bicyclic) bond motifs is 2. The summed E-state index contributed by atoms with van der Waals surface area (Å²) < 4.78 is 0. The topological polar surface area (TPSA) is 32.6 Å². The minimum atomic E-state index is -0.692. The maximum atomic E-state index is 11.5. The van der Waals surface area contributed by atoms with Gasteiger partial charge in [0, 0.05) is 23.6 Å². The van der Waals surface area contributed by atoms with E-state index in [0.29, 0.717) is 0 Å². The van der Waals surface area contributed by atoms with Gasteiger partial charge in [0.15, 0.2) is 0 Å². The lowest BCUT2D eigenvalue weighted by atomic mass is 9.73. The fraction of sp³-hybridized carbons (Fsp3) is 0.179. The molecule has 3 atom stereocenters. The Hall–Kier alpha value is -3.23. The van der Waals surface area contributed by atoms with Crippen LogP contribution in [0.15, 0.2) is 102 Å². The molecule has 3 unspecified atom stereocenters. The lowest BCUT2D eigenvalue weighted by Gasteiger charge is -2.34. The van der Waals surface area contributed by atoms with Crippen LogP contribution in [0.4, 0.5) is 0 Å². The third kappa shape index (κ3) is 3.05. The van der Waals surface area contributed by atoms with Crippen molar-refractivity contribution < 1.29 is 5.11 Å². The van der Waals surface area contributed by atoms with Crippen LogP contribution >= 0.6 is 0 Å². The van der Waals surface area contributed by atoms with Crippen molar-refractivity contribution in [2.75, 3.05) is 0 Å². The van der Waals surface area contributed by atoms with Gasteiger partial charge in [0.05, 0.1) is 5.71 Å². The van der Waals surface area contributed by atoms with Crippen molar-refractivity contribution in [3.8, 4) is 0 Å². The quantitative estimate of drug-likeness (QED) is 0.563. The zero-order chi connectivity index (χ0) is 20.7. The normalized spacial score (nSPS) is 21.2. The summed E-state index contributed by atoms with van der Waals surface area (Å²) in [5, 5.41) is 13.7. The molecule has 148 valence electrons. The van der Waals surface area contributed by atoms with E-state index in [1.165, 1.54) is 16.7 Å². The van der Waals surface area contributed by atoms with Crippen LogP contribution in [0.5, 0.6) is 0 Å². The molecule has 0 saturated carbocycles. The maximum Gasteiger partial charge on any atom is 0.103 e. The van der Waals surface area contributed by atoms with Crippen molar-refractivity contribution >= 4 is 16.5 Å². The molecule has 30 heavy (non-hydrogen) atoms. The van der Waals surface area contributed by atoms with E-state index >= 15 is 0 Å². The molecule has 0 amide bonds. The first-order valence-electron chi connectivity index (χ1n) is 10.5. The number of hydrogen-bond donors (Lipinski definition) is 1. The van der Waals surface area contributed by atoms with E-state index in [9.17, 15) is 5.11 Å². The van der Waals surface area contributed by atoms with Crippen LogP contribution in [-0.2, 0) is 0 Å². The highest BCUT2D eigenvalue weighted by Gasteiger charge is 2.35. The lowest BCUT2D eigenvalue weighted by molar-refractivity contribution is 0.203. The molecule has 1 N–H and O–H groups in total. The second-order valence-electron chi connectivity index (χ2n) is 8.20. The van der Waals surface area contributed by atoms with E-state index in [0.717, 1.165) is 27.6 Å². The largest absolute Gasteiger partial charge is 0.384 e. The second-order valence-corrected chi connectivity index (χ2v) is 8.20. The van der Waals surface area contributed by atoms with Gasteiger partial charge >= 0.3 is 0 Å². The van der Waals surface area contributed by atoms with Crippen molar-refractivity contribution in [2.45, 2.75) is 20.0 Å². The summed E-state index contributed by atoms with van der Waals surface area (Å²) in [6.45, 7) is 4.29. The minimum absolute atomic E-state index is 0.0930. The molecule has 2 heteroatoms. The van der Waals surface area contributed by atoms with Crippen LogP contribution in [0.3, 0.4) is 0 Å². The van der Waals surface area contributed by atoms with Crippen molar-refractivity contribution in [3.63, 3.8) is 0 Å². The van der Waals surface area contributed by atoms with Crippen LogP contribution in [0.25, 0.3) is 10.8 Å². The van der Waals surface area contributed by atoms with Gasteiger partial charge in [-0.2, -0.15) is 0 Å². The average Bonchev–Trinajstić information content (AvgIpc) is 2.78. The van der Waals surface area contributed by atoms with E-state index in [1.54, 1.807) is 0 Å². The molecule has 0 spiro atoms. The van der Waals surface area contributed by atoms with Gasteiger partial charge in [0.2, 0.25) is 0 Å². The molecule has 0 radical (unpaired) electrons. The third-order valence-electron chi connectivity index (χ3n) is 6.36. The van der Waals surface area contributed by atoms with E-state index in [2.05, 4.69) is 74.5 Å². The SMILES string of the molecule is Cc1cccc(C)c1C1=NC=C(C(O)c2cccc3ccccc23)C2C=CC=CC12. The maximum absolute atomic E-state index is 11.5. The molecule has 3 aromatic rings. The Labute approximate surface area is 177 Å². The predicted molar refractivity (Wildman–Crippen MR) is 125 cm³/mol. The first-order chi connectivity index (χ1) is 14.6. The average molecular weight is 392 g/mol. The summed E-state index contributed by atoms with van der Waals surface area (Å²) in [5.41, 5.74) is 6.68.